The van der Waals surface area contributed by atoms with Gasteiger partial charge in [-0.1, -0.05) is 19.8 Å². The fourth-order valence-electron chi connectivity index (χ4n) is 1.66. The van der Waals surface area contributed by atoms with Crippen molar-refractivity contribution in [1.29, 1.82) is 0 Å². The van der Waals surface area contributed by atoms with Gasteiger partial charge in [0.05, 0.1) is 5.41 Å². The lowest BCUT2D eigenvalue weighted by Crippen LogP contribution is -2.46. The summed E-state index contributed by atoms with van der Waals surface area (Å²) >= 11 is 0. The van der Waals surface area contributed by atoms with E-state index >= 15 is 0 Å². The van der Waals surface area contributed by atoms with Crippen LogP contribution in [0.1, 0.15) is 26.2 Å². The van der Waals surface area contributed by atoms with Crippen molar-refractivity contribution < 1.29 is 18.5 Å². The second-order valence-electron chi connectivity index (χ2n) is 3.89. The van der Waals surface area contributed by atoms with E-state index in [9.17, 15) is 4.89 Å². The molecular weight excluding hydrogens is 191 g/mol. The Morgan fingerprint density at radius 1 is 1.23 bits per heavy atom. The first-order chi connectivity index (χ1) is 6.18. The molecule has 3 aliphatic rings. The molecule has 0 aromatic heterocycles. The van der Waals surface area contributed by atoms with E-state index in [1.54, 1.807) is 0 Å². The highest BCUT2D eigenvalue weighted by Gasteiger charge is 2.61. The van der Waals surface area contributed by atoms with Gasteiger partial charge in [0.25, 0.3) is 0 Å². The summed E-state index contributed by atoms with van der Waals surface area (Å²) in [6, 6.07) is 0. The van der Waals surface area contributed by atoms with E-state index in [4.69, 9.17) is 13.6 Å². The molecule has 0 unspecified atom stereocenters. The number of fused-ring (bicyclic) bond motifs is 3. The van der Waals surface area contributed by atoms with E-state index in [0.29, 0.717) is 19.8 Å². The lowest BCUT2D eigenvalue weighted by molar-refractivity contribution is -0.115. The molecule has 13 heavy (non-hydrogen) atoms. The van der Waals surface area contributed by atoms with Crippen LogP contribution in [0, 0.1) is 5.41 Å². The van der Waals surface area contributed by atoms with Gasteiger partial charge in [-0.15, -0.1) is 0 Å². The third kappa shape index (κ3) is 1.88. The first-order valence-electron chi connectivity index (χ1n) is 4.74. The zero-order chi connectivity index (χ0) is 9.36. The first kappa shape index (κ1) is 9.81. The molecule has 0 aliphatic carbocycles. The molecule has 3 heterocycles. The minimum absolute atomic E-state index is 0.0144. The van der Waals surface area contributed by atoms with Crippen LogP contribution in [-0.2, 0) is 13.6 Å². The Labute approximate surface area is 78.8 Å². The maximum atomic E-state index is 9.50. The maximum absolute atomic E-state index is 9.50. The molecule has 4 nitrogen and oxygen atoms in total. The van der Waals surface area contributed by atoms with Crippen LogP contribution in [-0.4, -0.2) is 24.7 Å². The summed E-state index contributed by atoms with van der Waals surface area (Å²) < 4.78 is 15.6. The highest BCUT2D eigenvalue weighted by molar-refractivity contribution is 7.55. The molecule has 0 aromatic rings. The molecule has 0 saturated carbocycles. The zero-order valence-electron chi connectivity index (χ0n) is 7.86. The number of rotatable bonds is 3. The molecule has 0 radical (unpaired) electrons. The molecule has 76 valence electrons. The van der Waals surface area contributed by atoms with Crippen LogP contribution >= 0.6 is 8.17 Å². The normalized spacial score (nSPS) is 43.8. The standard InChI is InChI=1S/C8H16O4P/c1-2-3-4-8-5-10-13(9,11-6-8)12-7-8/h9H,2-7H2,1H3/q+1. The topological polar surface area (TPSA) is 47.9 Å². The minimum Gasteiger partial charge on any atom is -0.168 e. The summed E-state index contributed by atoms with van der Waals surface area (Å²) in [5.41, 5.74) is 0.0144. The van der Waals surface area contributed by atoms with Crippen LogP contribution in [0.4, 0.5) is 0 Å². The molecule has 3 fully saturated rings. The third-order valence-corrected chi connectivity index (χ3v) is 4.03. The Kier molecular flexibility index (Phi) is 2.60. The monoisotopic (exact) mass is 207 g/mol. The highest BCUT2D eigenvalue weighted by atomic mass is 31.2. The fourth-order valence-corrected chi connectivity index (χ4v) is 3.20. The molecule has 0 aromatic carbocycles. The first-order valence-corrected chi connectivity index (χ1v) is 6.23. The summed E-state index contributed by atoms with van der Waals surface area (Å²) in [6.07, 6.45) is 3.39. The highest BCUT2D eigenvalue weighted by Crippen LogP contribution is 2.67. The van der Waals surface area contributed by atoms with E-state index in [0.717, 1.165) is 12.8 Å². The molecule has 3 rings (SSSR count). The van der Waals surface area contributed by atoms with Gasteiger partial charge in [0, 0.05) is 0 Å². The van der Waals surface area contributed by atoms with Crippen LogP contribution in [0.3, 0.4) is 0 Å². The van der Waals surface area contributed by atoms with Crippen molar-refractivity contribution in [2.75, 3.05) is 19.8 Å². The van der Waals surface area contributed by atoms with Gasteiger partial charge in [0.1, 0.15) is 19.8 Å². The van der Waals surface area contributed by atoms with Crippen LogP contribution in [0.25, 0.3) is 0 Å². The van der Waals surface area contributed by atoms with Crippen molar-refractivity contribution in [3.05, 3.63) is 0 Å². The van der Waals surface area contributed by atoms with Gasteiger partial charge >= 0.3 is 8.17 Å². The van der Waals surface area contributed by atoms with E-state index in [1.165, 1.54) is 6.42 Å². The van der Waals surface area contributed by atoms with E-state index in [2.05, 4.69) is 6.92 Å². The van der Waals surface area contributed by atoms with Crippen LogP contribution < -0.4 is 0 Å². The molecule has 1 N–H and O–H groups in total. The van der Waals surface area contributed by atoms with Gasteiger partial charge in [-0.05, 0) is 6.42 Å². The number of hydrogen-bond donors (Lipinski definition) is 1. The van der Waals surface area contributed by atoms with E-state index in [1.807, 2.05) is 0 Å². The van der Waals surface area contributed by atoms with Crippen molar-refractivity contribution in [3.63, 3.8) is 0 Å². The number of hydrogen-bond acceptors (Lipinski definition) is 4. The van der Waals surface area contributed by atoms with E-state index < -0.39 is 8.17 Å². The Hall–Kier alpha value is 0.270. The molecule has 5 heteroatoms. The second kappa shape index (κ2) is 3.44. The van der Waals surface area contributed by atoms with Crippen molar-refractivity contribution in [2.24, 2.45) is 5.41 Å². The zero-order valence-corrected chi connectivity index (χ0v) is 8.76. The summed E-state index contributed by atoms with van der Waals surface area (Å²) in [7, 11) is -2.85. The summed E-state index contributed by atoms with van der Waals surface area (Å²) in [5.74, 6) is 0. The predicted molar refractivity (Wildman–Crippen MR) is 49.0 cm³/mol. The summed E-state index contributed by atoms with van der Waals surface area (Å²) in [5, 5.41) is 0. The van der Waals surface area contributed by atoms with Gasteiger partial charge in [0.15, 0.2) is 0 Å². The van der Waals surface area contributed by atoms with Gasteiger partial charge in [0.2, 0.25) is 0 Å². The van der Waals surface area contributed by atoms with Crippen molar-refractivity contribution in [3.8, 4) is 0 Å². The third-order valence-electron chi connectivity index (χ3n) is 2.66. The van der Waals surface area contributed by atoms with Crippen LogP contribution in [0.5, 0.6) is 0 Å². The van der Waals surface area contributed by atoms with Gasteiger partial charge in [-0.25, -0.2) is 0 Å². The Balaban J connectivity index is 1.95. The average molecular weight is 207 g/mol. The molecular formula is C8H16O4P+. The van der Waals surface area contributed by atoms with Gasteiger partial charge < -0.3 is 0 Å². The summed E-state index contributed by atoms with van der Waals surface area (Å²) in [4.78, 5) is 9.50. The summed E-state index contributed by atoms with van der Waals surface area (Å²) in [6.45, 7) is 3.94. The SMILES string of the molecule is CCCCC12CO[P+](O)(OC1)OC2. The lowest BCUT2D eigenvalue weighted by atomic mass is 9.85. The van der Waals surface area contributed by atoms with Crippen molar-refractivity contribution in [1.82, 2.24) is 0 Å². The molecule has 3 aliphatic heterocycles. The number of unbranched alkanes of at least 4 members (excludes halogenated alkanes) is 1. The maximum Gasteiger partial charge on any atom is 0.572 e. The molecule has 3 saturated heterocycles. The molecule has 0 spiro atoms. The largest absolute Gasteiger partial charge is 0.572 e. The molecule has 0 atom stereocenters. The fraction of sp³-hybridized carbons (Fsp3) is 1.00. The predicted octanol–water partition coefficient (Wildman–Crippen LogP) is 1.91. The van der Waals surface area contributed by atoms with Crippen molar-refractivity contribution >= 4 is 8.17 Å². The average Bonchev–Trinajstić information content (AvgIpc) is 2.18. The molecule has 2 bridgehead atoms. The van der Waals surface area contributed by atoms with Crippen molar-refractivity contribution in [2.45, 2.75) is 26.2 Å². The van der Waals surface area contributed by atoms with Crippen LogP contribution in [0.2, 0.25) is 0 Å². The van der Waals surface area contributed by atoms with E-state index in [-0.39, 0.29) is 5.41 Å². The van der Waals surface area contributed by atoms with Gasteiger partial charge in [-0.3, -0.25) is 0 Å². The quantitative estimate of drug-likeness (QED) is 0.718. The lowest BCUT2D eigenvalue weighted by Gasteiger charge is -2.40. The van der Waals surface area contributed by atoms with Crippen LogP contribution in [0.15, 0.2) is 0 Å². The van der Waals surface area contributed by atoms with Gasteiger partial charge in [-0.2, -0.15) is 18.5 Å². The Morgan fingerprint density at radius 2 is 1.77 bits per heavy atom. The molecule has 0 amide bonds. The smallest absolute Gasteiger partial charge is 0.168 e. The Bertz CT molecular complexity index is 166. The minimum atomic E-state index is -2.85. The second-order valence-corrected chi connectivity index (χ2v) is 5.60. The Morgan fingerprint density at radius 3 is 2.23 bits per heavy atom.